The van der Waals surface area contributed by atoms with Gasteiger partial charge in [0, 0.05) is 28.4 Å². The maximum Gasteiger partial charge on any atom is 0.336 e. The molecule has 0 radical (unpaired) electrons. The van der Waals surface area contributed by atoms with Gasteiger partial charge in [0.2, 0.25) is 0 Å². The Morgan fingerprint density at radius 2 is 1.88 bits per heavy atom. The van der Waals surface area contributed by atoms with Crippen molar-refractivity contribution in [1.29, 1.82) is 0 Å². The Labute approximate surface area is 205 Å². The van der Waals surface area contributed by atoms with Gasteiger partial charge in [0.05, 0.1) is 28.8 Å². The molecule has 0 atom stereocenters. The molecule has 9 nitrogen and oxygen atoms in total. The molecular weight excluding hydrogens is 554 g/mol. The Bertz CT molecular complexity index is 1670. The molecule has 3 aromatic heterocycles. The Balaban J connectivity index is 1.95. The summed E-state index contributed by atoms with van der Waals surface area (Å²) in [6, 6.07) is 5.89. The first-order valence-corrected chi connectivity index (χ1v) is 11.6. The number of benzene rings is 1. The SMILES string of the molecule is Cc1c(=O)n(C)c(Nc2ccc(I)cc2F)c2c(=O)n(C3CC3)c(=O)n(-c3cncc(N)c3)c12. The van der Waals surface area contributed by atoms with Crippen molar-refractivity contribution in [2.24, 2.45) is 7.05 Å². The number of nitrogens with one attached hydrogen (secondary N) is 1. The van der Waals surface area contributed by atoms with Crippen molar-refractivity contribution in [3.63, 3.8) is 0 Å². The summed E-state index contributed by atoms with van der Waals surface area (Å²) in [4.78, 5) is 44.6. The molecule has 1 saturated carbocycles. The molecule has 0 saturated heterocycles. The molecule has 0 amide bonds. The second-order valence-corrected chi connectivity index (χ2v) is 9.56. The largest absolute Gasteiger partial charge is 0.397 e. The first kappa shape index (κ1) is 22.3. The number of nitrogens with two attached hydrogens (primary N) is 1. The van der Waals surface area contributed by atoms with Gasteiger partial charge in [-0.3, -0.25) is 28.3 Å². The summed E-state index contributed by atoms with van der Waals surface area (Å²) < 4.78 is 19.2. The smallest absolute Gasteiger partial charge is 0.336 e. The van der Waals surface area contributed by atoms with Crippen LogP contribution in [0.25, 0.3) is 16.6 Å². The molecule has 11 heteroatoms. The summed E-state index contributed by atoms with van der Waals surface area (Å²) in [5, 5.41) is 3.03. The zero-order valence-electron chi connectivity index (χ0n) is 18.3. The van der Waals surface area contributed by atoms with E-state index in [2.05, 4.69) is 10.3 Å². The minimum absolute atomic E-state index is 0.0933. The molecule has 4 aromatic rings. The number of rotatable bonds is 4. The highest BCUT2D eigenvalue weighted by Gasteiger charge is 2.31. The number of nitrogens with zero attached hydrogens (tertiary/aromatic N) is 4. The molecule has 1 aliphatic rings. The molecule has 3 heterocycles. The summed E-state index contributed by atoms with van der Waals surface area (Å²) in [7, 11) is 1.50. The summed E-state index contributed by atoms with van der Waals surface area (Å²) in [5.74, 6) is -0.445. The van der Waals surface area contributed by atoms with E-state index in [0.717, 1.165) is 0 Å². The van der Waals surface area contributed by atoms with Crippen LogP contribution in [-0.2, 0) is 7.05 Å². The van der Waals surface area contributed by atoms with Crippen LogP contribution in [0.2, 0.25) is 0 Å². The summed E-state index contributed by atoms with van der Waals surface area (Å²) in [5.41, 5.74) is 5.45. The summed E-state index contributed by atoms with van der Waals surface area (Å²) in [6.07, 6.45) is 4.26. The van der Waals surface area contributed by atoms with E-state index in [1.807, 2.05) is 22.6 Å². The second-order valence-electron chi connectivity index (χ2n) is 8.31. The van der Waals surface area contributed by atoms with E-state index >= 15 is 0 Å². The predicted octanol–water partition coefficient (Wildman–Crippen LogP) is 2.96. The third-order valence-corrected chi connectivity index (χ3v) is 6.61. The number of aromatic nitrogens is 4. The molecule has 174 valence electrons. The second kappa shape index (κ2) is 8.08. The minimum Gasteiger partial charge on any atom is -0.397 e. The topological polar surface area (TPSA) is 117 Å². The van der Waals surface area contributed by atoms with Gasteiger partial charge in [0.15, 0.2) is 0 Å². The highest BCUT2D eigenvalue weighted by atomic mass is 127. The monoisotopic (exact) mass is 574 g/mol. The van der Waals surface area contributed by atoms with Crippen LogP contribution in [0, 0.1) is 16.3 Å². The molecule has 0 unspecified atom stereocenters. The first-order valence-electron chi connectivity index (χ1n) is 10.5. The number of hydrogen-bond donors (Lipinski definition) is 2. The number of nitrogen functional groups attached to an aromatic ring is 1. The number of fused-ring (bicyclic) bond motifs is 1. The van der Waals surface area contributed by atoms with Gasteiger partial charge in [-0.15, -0.1) is 0 Å². The zero-order valence-corrected chi connectivity index (χ0v) is 20.5. The van der Waals surface area contributed by atoms with Gasteiger partial charge in [-0.05, 0) is 66.6 Å². The van der Waals surface area contributed by atoms with Crippen LogP contribution in [0.3, 0.4) is 0 Å². The molecule has 1 aromatic carbocycles. The third-order valence-electron chi connectivity index (χ3n) is 5.94. The molecule has 5 rings (SSSR count). The molecule has 0 spiro atoms. The van der Waals surface area contributed by atoms with Crippen molar-refractivity contribution < 1.29 is 4.39 Å². The molecule has 3 N–H and O–H groups in total. The Hall–Kier alpha value is -3.48. The lowest BCUT2D eigenvalue weighted by molar-refractivity contribution is 0.630. The van der Waals surface area contributed by atoms with E-state index in [0.29, 0.717) is 27.8 Å². The average Bonchev–Trinajstić information content (AvgIpc) is 3.62. The van der Waals surface area contributed by atoms with Gasteiger partial charge in [-0.25, -0.2) is 9.18 Å². The normalized spacial score (nSPS) is 13.4. The van der Waals surface area contributed by atoms with E-state index in [9.17, 15) is 18.8 Å². The quantitative estimate of drug-likeness (QED) is 0.362. The highest BCUT2D eigenvalue weighted by Crippen LogP contribution is 2.34. The zero-order chi connectivity index (χ0) is 24.3. The number of pyridine rings is 2. The van der Waals surface area contributed by atoms with Crippen molar-refractivity contribution in [1.82, 2.24) is 18.7 Å². The van der Waals surface area contributed by atoms with Gasteiger partial charge in [-0.2, -0.15) is 0 Å². The highest BCUT2D eigenvalue weighted by molar-refractivity contribution is 14.1. The lowest BCUT2D eigenvalue weighted by atomic mass is 10.1. The summed E-state index contributed by atoms with van der Waals surface area (Å²) in [6.45, 7) is 1.55. The fourth-order valence-electron chi connectivity index (χ4n) is 4.14. The summed E-state index contributed by atoms with van der Waals surface area (Å²) >= 11 is 1.99. The van der Waals surface area contributed by atoms with Crippen molar-refractivity contribution in [2.75, 3.05) is 11.1 Å². The van der Waals surface area contributed by atoms with Crippen molar-refractivity contribution in [3.05, 3.63) is 82.8 Å². The van der Waals surface area contributed by atoms with E-state index in [1.165, 1.54) is 45.3 Å². The average molecular weight is 574 g/mol. The molecule has 34 heavy (non-hydrogen) atoms. The van der Waals surface area contributed by atoms with Crippen LogP contribution >= 0.6 is 22.6 Å². The number of anilines is 3. The number of hydrogen-bond acceptors (Lipinski definition) is 6. The Morgan fingerprint density at radius 3 is 2.53 bits per heavy atom. The van der Waals surface area contributed by atoms with Crippen LogP contribution in [0.4, 0.5) is 21.6 Å². The molecule has 1 aliphatic carbocycles. The van der Waals surface area contributed by atoms with Crippen LogP contribution in [0.15, 0.2) is 51.0 Å². The first-order chi connectivity index (χ1) is 16.2. The van der Waals surface area contributed by atoms with Gasteiger partial charge >= 0.3 is 5.69 Å². The Morgan fingerprint density at radius 1 is 1.15 bits per heavy atom. The number of halogens is 2. The standard InChI is InChI=1S/C23H20FIN6O3/c1-11-19-18(20(29(2)21(11)32)28-17-6-3-12(25)7-16(17)24)22(33)31(14-4-5-14)23(34)30(19)15-8-13(26)9-27-10-15/h3,6-10,14,28H,4-5,26H2,1-2H3. The molecule has 0 aliphatic heterocycles. The lowest BCUT2D eigenvalue weighted by Gasteiger charge is -2.20. The van der Waals surface area contributed by atoms with Gasteiger partial charge < -0.3 is 11.1 Å². The van der Waals surface area contributed by atoms with Crippen LogP contribution in [-0.4, -0.2) is 18.7 Å². The van der Waals surface area contributed by atoms with E-state index in [1.54, 1.807) is 19.1 Å². The van der Waals surface area contributed by atoms with Crippen LogP contribution in [0.1, 0.15) is 24.4 Å². The van der Waals surface area contributed by atoms with Crippen molar-refractivity contribution >= 4 is 50.7 Å². The van der Waals surface area contributed by atoms with E-state index in [-0.39, 0.29) is 34.0 Å². The van der Waals surface area contributed by atoms with Crippen LogP contribution < -0.4 is 27.9 Å². The van der Waals surface area contributed by atoms with Crippen LogP contribution in [0.5, 0.6) is 0 Å². The van der Waals surface area contributed by atoms with Gasteiger partial charge in [0.1, 0.15) is 17.0 Å². The number of aryl methyl sites for hydroxylation is 1. The van der Waals surface area contributed by atoms with Crippen molar-refractivity contribution in [3.8, 4) is 5.69 Å². The maximum atomic E-state index is 14.7. The lowest BCUT2D eigenvalue weighted by Crippen LogP contribution is -2.41. The van der Waals surface area contributed by atoms with E-state index in [4.69, 9.17) is 5.73 Å². The molecule has 1 fully saturated rings. The fraction of sp³-hybridized carbons (Fsp3) is 0.217. The van der Waals surface area contributed by atoms with Gasteiger partial charge in [0.25, 0.3) is 11.1 Å². The molecular formula is C23H20FIN6O3. The molecule has 0 bridgehead atoms. The third kappa shape index (κ3) is 3.50. The predicted molar refractivity (Wildman–Crippen MR) is 137 cm³/mol. The van der Waals surface area contributed by atoms with Crippen molar-refractivity contribution in [2.45, 2.75) is 25.8 Å². The Kier molecular flexibility index (Phi) is 5.30. The van der Waals surface area contributed by atoms with E-state index < -0.39 is 22.6 Å². The maximum absolute atomic E-state index is 14.7. The fourth-order valence-corrected chi connectivity index (χ4v) is 4.59. The minimum atomic E-state index is -0.574. The van der Waals surface area contributed by atoms with Gasteiger partial charge in [-0.1, -0.05) is 0 Å².